The number of hydrogen-bond acceptors (Lipinski definition) is 6. The van der Waals surface area contributed by atoms with E-state index in [-0.39, 0.29) is 21.9 Å². The minimum Gasteiger partial charge on any atom is -0.507 e. The number of amides is 1. The standard InChI is InChI=1S/C29H28ClNO6/c1-4-35-20-12-10-18(11-13-20)26-25(27(32)23-17-22(37-6-3)14-15-24(23)30)28(33)29(34)31(26)19-8-7-9-21(16-19)36-5-2/h7-17,26,32H,4-6H2,1-3H3/b27-25+. The molecule has 1 N–H and O–H groups in total. The molecule has 0 spiro atoms. The van der Waals surface area contributed by atoms with Gasteiger partial charge >= 0.3 is 0 Å². The van der Waals surface area contributed by atoms with Gasteiger partial charge in [-0.05, 0) is 68.8 Å². The quantitative estimate of drug-likeness (QED) is 0.206. The van der Waals surface area contributed by atoms with Gasteiger partial charge in [-0.25, -0.2) is 0 Å². The van der Waals surface area contributed by atoms with Gasteiger partial charge in [0.2, 0.25) is 0 Å². The molecule has 1 saturated heterocycles. The molecule has 1 aliphatic heterocycles. The van der Waals surface area contributed by atoms with Gasteiger partial charge in [-0.3, -0.25) is 14.5 Å². The maximum absolute atomic E-state index is 13.5. The minimum absolute atomic E-state index is 0.0773. The summed E-state index contributed by atoms with van der Waals surface area (Å²) in [6.45, 7) is 6.93. The van der Waals surface area contributed by atoms with Crippen LogP contribution in [0.5, 0.6) is 17.2 Å². The molecule has 1 fully saturated rings. The number of carbonyl (C=O) groups is 2. The number of aliphatic hydroxyl groups is 1. The third-order valence-electron chi connectivity index (χ3n) is 5.86. The second-order valence-electron chi connectivity index (χ2n) is 8.18. The molecule has 1 unspecified atom stereocenters. The fourth-order valence-electron chi connectivity index (χ4n) is 4.30. The van der Waals surface area contributed by atoms with Crippen LogP contribution in [0.25, 0.3) is 5.76 Å². The van der Waals surface area contributed by atoms with Gasteiger partial charge in [0.1, 0.15) is 23.0 Å². The first kappa shape index (κ1) is 26.1. The summed E-state index contributed by atoms with van der Waals surface area (Å²) in [5.41, 5.74) is 1.19. The number of ketones is 1. The number of rotatable bonds is 9. The van der Waals surface area contributed by atoms with E-state index in [9.17, 15) is 14.7 Å². The van der Waals surface area contributed by atoms with Crippen molar-refractivity contribution in [2.24, 2.45) is 0 Å². The number of ether oxygens (including phenoxy) is 3. The van der Waals surface area contributed by atoms with Gasteiger partial charge in [0.25, 0.3) is 11.7 Å². The molecule has 0 aromatic heterocycles. The minimum atomic E-state index is -0.917. The van der Waals surface area contributed by atoms with Crippen LogP contribution >= 0.6 is 11.6 Å². The van der Waals surface area contributed by atoms with Crippen LogP contribution in [-0.2, 0) is 9.59 Å². The number of benzene rings is 3. The number of hydrogen-bond donors (Lipinski definition) is 1. The van der Waals surface area contributed by atoms with Crippen LogP contribution in [0.3, 0.4) is 0 Å². The molecule has 8 heteroatoms. The maximum Gasteiger partial charge on any atom is 0.300 e. The first-order valence-electron chi connectivity index (χ1n) is 12.1. The summed E-state index contributed by atoms with van der Waals surface area (Å²) in [5, 5.41) is 11.7. The van der Waals surface area contributed by atoms with E-state index in [0.29, 0.717) is 48.3 Å². The summed E-state index contributed by atoms with van der Waals surface area (Å²) in [6.07, 6.45) is 0. The van der Waals surface area contributed by atoms with E-state index in [1.54, 1.807) is 66.7 Å². The first-order chi connectivity index (χ1) is 17.9. The molecule has 192 valence electrons. The topological polar surface area (TPSA) is 85.3 Å². The molecular formula is C29H28ClNO6. The zero-order chi connectivity index (χ0) is 26.5. The second-order valence-corrected chi connectivity index (χ2v) is 8.58. The molecule has 7 nitrogen and oxygen atoms in total. The van der Waals surface area contributed by atoms with Gasteiger partial charge in [0.15, 0.2) is 0 Å². The Labute approximate surface area is 220 Å². The van der Waals surface area contributed by atoms with E-state index >= 15 is 0 Å². The number of aliphatic hydroxyl groups excluding tert-OH is 1. The van der Waals surface area contributed by atoms with E-state index in [4.69, 9.17) is 25.8 Å². The van der Waals surface area contributed by atoms with E-state index in [1.165, 1.54) is 4.90 Å². The number of Topliss-reactive ketones (excluding diaryl/α,β-unsaturated/α-hetero) is 1. The number of anilines is 1. The Morgan fingerprint density at radius 3 is 2.08 bits per heavy atom. The smallest absolute Gasteiger partial charge is 0.300 e. The van der Waals surface area contributed by atoms with Gasteiger partial charge in [0, 0.05) is 17.3 Å². The van der Waals surface area contributed by atoms with E-state index < -0.39 is 17.7 Å². The maximum atomic E-state index is 13.5. The number of nitrogens with zero attached hydrogens (tertiary/aromatic N) is 1. The number of halogens is 1. The fourth-order valence-corrected chi connectivity index (χ4v) is 4.51. The van der Waals surface area contributed by atoms with E-state index in [2.05, 4.69) is 0 Å². The molecule has 0 saturated carbocycles. The Kier molecular flexibility index (Phi) is 8.04. The van der Waals surface area contributed by atoms with Crippen molar-refractivity contribution in [2.75, 3.05) is 24.7 Å². The highest BCUT2D eigenvalue weighted by Crippen LogP contribution is 2.44. The third-order valence-corrected chi connectivity index (χ3v) is 6.19. The molecule has 0 radical (unpaired) electrons. The van der Waals surface area contributed by atoms with Crippen molar-refractivity contribution in [1.82, 2.24) is 0 Å². The molecule has 0 bridgehead atoms. The molecular weight excluding hydrogens is 494 g/mol. The highest BCUT2D eigenvalue weighted by Gasteiger charge is 2.47. The molecule has 1 atom stereocenters. The van der Waals surface area contributed by atoms with Gasteiger partial charge in [-0.2, -0.15) is 0 Å². The lowest BCUT2D eigenvalue weighted by Crippen LogP contribution is -2.29. The van der Waals surface area contributed by atoms with Crippen LogP contribution in [-0.4, -0.2) is 36.6 Å². The molecule has 37 heavy (non-hydrogen) atoms. The van der Waals surface area contributed by atoms with Crippen molar-refractivity contribution in [3.8, 4) is 17.2 Å². The average molecular weight is 522 g/mol. The second kappa shape index (κ2) is 11.4. The van der Waals surface area contributed by atoms with Crippen molar-refractivity contribution in [1.29, 1.82) is 0 Å². The molecule has 1 heterocycles. The molecule has 3 aromatic rings. The molecule has 3 aromatic carbocycles. The Morgan fingerprint density at radius 1 is 0.838 bits per heavy atom. The third kappa shape index (κ3) is 5.27. The Balaban J connectivity index is 1.92. The van der Waals surface area contributed by atoms with Gasteiger partial charge < -0.3 is 19.3 Å². The fraction of sp³-hybridized carbons (Fsp3) is 0.241. The average Bonchev–Trinajstić information content (AvgIpc) is 3.16. The van der Waals surface area contributed by atoms with Crippen LogP contribution in [0.15, 0.2) is 72.3 Å². The molecule has 0 aliphatic carbocycles. The molecule has 1 aliphatic rings. The summed E-state index contributed by atoms with van der Waals surface area (Å²) >= 11 is 6.42. The van der Waals surface area contributed by atoms with Crippen molar-refractivity contribution in [2.45, 2.75) is 26.8 Å². The van der Waals surface area contributed by atoms with Crippen molar-refractivity contribution in [3.05, 3.63) is 88.5 Å². The van der Waals surface area contributed by atoms with Gasteiger partial charge in [0.05, 0.1) is 36.5 Å². The summed E-state index contributed by atoms with van der Waals surface area (Å²) in [6, 6.07) is 17.9. The monoisotopic (exact) mass is 521 g/mol. The van der Waals surface area contributed by atoms with Crippen molar-refractivity contribution < 1.29 is 28.9 Å². The Hall–Kier alpha value is -3.97. The normalized spacial score (nSPS) is 16.6. The molecule has 1 amide bonds. The van der Waals surface area contributed by atoms with Crippen LogP contribution < -0.4 is 19.1 Å². The summed E-state index contributed by atoms with van der Waals surface area (Å²) < 4.78 is 16.7. The highest BCUT2D eigenvalue weighted by atomic mass is 35.5. The van der Waals surface area contributed by atoms with Gasteiger partial charge in [-0.1, -0.05) is 29.8 Å². The summed E-state index contributed by atoms with van der Waals surface area (Å²) in [5.74, 6) is -0.298. The largest absolute Gasteiger partial charge is 0.507 e. The van der Waals surface area contributed by atoms with Crippen LogP contribution in [0.1, 0.15) is 37.9 Å². The zero-order valence-corrected chi connectivity index (χ0v) is 21.6. The zero-order valence-electron chi connectivity index (χ0n) is 20.9. The van der Waals surface area contributed by atoms with Crippen LogP contribution in [0.4, 0.5) is 5.69 Å². The predicted octanol–water partition coefficient (Wildman–Crippen LogP) is 6.16. The molecule has 4 rings (SSSR count). The van der Waals surface area contributed by atoms with E-state index in [1.807, 2.05) is 20.8 Å². The summed E-state index contributed by atoms with van der Waals surface area (Å²) in [7, 11) is 0. The highest BCUT2D eigenvalue weighted by molar-refractivity contribution is 6.52. The summed E-state index contributed by atoms with van der Waals surface area (Å²) in [4.78, 5) is 28.3. The Bertz CT molecular complexity index is 1330. The number of carbonyl (C=O) groups excluding carboxylic acids is 2. The van der Waals surface area contributed by atoms with Crippen LogP contribution in [0, 0.1) is 0 Å². The lowest BCUT2D eigenvalue weighted by Gasteiger charge is -2.26. The SMILES string of the molecule is CCOc1ccc(C2/C(=C(\O)c3cc(OCC)ccc3Cl)C(=O)C(=O)N2c2cccc(OCC)c2)cc1. The van der Waals surface area contributed by atoms with E-state index in [0.717, 1.165) is 0 Å². The van der Waals surface area contributed by atoms with Crippen molar-refractivity contribution in [3.63, 3.8) is 0 Å². The van der Waals surface area contributed by atoms with Gasteiger partial charge in [-0.15, -0.1) is 0 Å². The lowest BCUT2D eigenvalue weighted by atomic mass is 9.95. The van der Waals surface area contributed by atoms with Crippen molar-refractivity contribution >= 4 is 34.7 Å². The predicted molar refractivity (Wildman–Crippen MR) is 143 cm³/mol. The first-order valence-corrected chi connectivity index (χ1v) is 12.5. The lowest BCUT2D eigenvalue weighted by molar-refractivity contribution is -0.132. The Morgan fingerprint density at radius 2 is 1.43 bits per heavy atom. The van der Waals surface area contributed by atoms with Crippen LogP contribution in [0.2, 0.25) is 5.02 Å².